The minimum atomic E-state index is 0.599. The zero-order valence-corrected chi connectivity index (χ0v) is 7.47. The van der Waals surface area contributed by atoms with Gasteiger partial charge in [-0.15, -0.1) is 0 Å². The predicted molar refractivity (Wildman–Crippen MR) is 52.5 cm³/mol. The lowest BCUT2D eigenvalue weighted by molar-refractivity contribution is 0.412. The van der Waals surface area contributed by atoms with Crippen molar-refractivity contribution >= 4 is 11.4 Å². The molecule has 2 aromatic heterocycles. The van der Waals surface area contributed by atoms with Gasteiger partial charge in [0.05, 0.1) is 24.1 Å². The van der Waals surface area contributed by atoms with E-state index in [2.05, 4.69) is 15.5 Å². The average molecular weight is 190 g/mol. The van der Waals surface area contributed by atoms with E-state index in [1.54, 1.807) is 18.5 Å². The van der Waals surface area contributed by atoms with Crippen molar-refractivity contribution in [1.29, 1.82) is 0 Å². The summed E-state index contributed by atoms with van der Waals surface area (Å²) < 4.78 is 4.70. The highest BCUT2D eigenvalue weighted by Crippen LogP contribution is 2.10. The molecule has 0 spiro atoms. The third-order valence-corrected chi connectivity index (χ3v) is 1.72. The van der Waals surface area contributed by atoms with E-state index in [-0.39, 0.29) is 0 Å². The van der Waals surface area contributed by atoms with Gasteiger partial charge in [0.15, 0.2) is 0 Å². The van der Waals surface area contributed by atoms with Gasteiger partial charge >= 0.3 is 0 Å². The molecule has 0 aliphatic carbocycles. The van der Waals surface area contributed by atoms with Crippen LogP contribution in [0.2, 0.25) is 0 Å². The topological polar surface area (TPSA) is 77.0 Å². The second-order valence-electron chi connectivity index (χ2n) is 2.85. The Hall–Kier alpha value is -2.04. The molecule has 14 heavy (non-hydrogen) atoms. The SMILES string of the molecule is Nc1cncc(NCc2ccon2)c1. The van der Waals surface area contributed by atoms with Crippen LogP contribution in [-0.4, -0.2) is 10.1 Å². The zero-order chi connectivity index (χ0) is 9.80. The summed E-state index contributed by atoms with van der Waals surface area (Å²) in [5, 5.41) is 6.89. The Morgan fingerprint density at radius 2 is 2.36 bits per heavy atom. The Morgan fingerprint density at radius 1 is 1.43 bits per heavy atom. The molecule has 5 nitrogen and oxygen atoms in total. The van der Waals surface area contributed by atoms with Crippen molar-refractivity contribution in [3.63, 3.8) is 0 Å². The number of rotatable bonds is 3. The lowest BCUT2D eigenvalue weighted by Gasteiger charge is -2.03. The monoisotopic (exact) mass is 190 g/mol. The third kappa shape index (κ3) is 2.01. The summed E-state index contributed by atoms with van der Waals surface area (Å²) in [6.07, 6.45) is 4.84. The quantitative estimate of drug-likeness (QED) is 0.762. The van der Waals surface area contributed by atoms with Crippen LogP contribution in [-0.2, 0) is 6.54 Å². The van der Waals surface area contributed by atoms with Gasteiger partial charge in [0.2, 0.25) is 0 Å². The smallest absolute Gasteiger partial charge is 0.124 e. The van der Waals surface area contributed by atoms with E-state index in [9.17, 15) is 0 Å². The maximum Gasteiger partial charge on any atom is 0.124 e. The van der Waals surface area contributed by atoms with Crippen molar-refractivity contribution in [3.8, 4) is 0 Å². The first kappa shape index (κ1) is 8.55. The highest BCUT2D eigenvalue weighted by molar-refractivity contribution is 5.51. The lowest BCUT2D eigenvalue weighted by Crippen LogP contribution is -2.00. The summed E-state index contributed by atoms with van der Waals surface area (Å²) in [5.74, 6) is 0. The molecular weight excluding hydrogens is 180 g/mol. The second kappa shape index (κ2) is 3.78. The highest BCUT2D eigenvalue weighted by Gasteiger charge is 1.97. The van der Waals surface area contributed by atoms with Crippen LogP contribution in [0.5, 0.6) is 0 Å². The number of nitrogens with two attached hydrogens (primary N) is 1. The number of aromatic nitrogens is 2. The summed E-state index contributed by atoms with van der Waals surface area (Å²) in [5.41, 5.74) is 7.91. The molecule has 0 unspecified atom stereocenters. The largest absolute Gasteiger partial charge is 0.397 e. The summed E-state index contributed by atoms with van der Waals surface area (Å²) >= 11 is 0. The standard InChI is InChI=1S/C9H10N4O/c10-7-3-9(5-11-4-7)12-6-8-1-2-14-13-8/h1-5,12H,6,10H2. The summed E-state index contributed by atoms with van der Waals surface area (Å²) in [4.78, 5) is 3.95. The van der Waals surface area contributed by atoms with E-state index in [4.69, 9.17) is 10.3 Å². The van der Waals surface area contributed by atoms with Crippen LogP contribution in [0.15, 0.2) is 35.3 Å². The molecule has 2 rings (SSSR count). The second-order valence-corrected chi connectivity index (χ2v) is 2.85. The van der Waals surface area contributed by atoms with Crippen LogP contribution in [0.3, 0.4) is 0 Å². The fraction of sp³-hybridized carbons (Fsp3) is 0.111. The fourth-order valence-electron chi connectivity index (χ4n) is 1.08. The van der Waals surface area contributed by atoms with E-state index in [0.29, 0.717) is 12.2 Å². The summed E-state index contributed by atoms with van der Waals surface area (Å²) in [6.45, 7) is 0.599. The Morgan fingerprint density at radius 3 is 3.07 bits per heavy atom. The highest BCUT2D eigenvalue weighted by atomic mass is 16.5. The van der Waals surface area contributed by atoms with Crippen LogP contribution in [0.4, 0.5) is 11.4 Å². The number of nitrogens with one attached hydrogen (secondary N) is 1. The van der Waals surface area contributed by atoms with Crippen molar-refractivity contribution in [1.82, 2.24) is 10.1 Å². The minimum absolute atomic E-state index is 0.599. The van der Waals surface area contributed by atoms with Gasteiger partial charge in [0.25, 0.3) is 0 Å². The van der Waals surface area contributed by atoms with Gasteiger partial charge in [-0.25, -0.2) is 0 Å². The van der Waals surface area contributed by atoms with Gasteiger partial charge in [-0.3, -0.25) is 4.98 Å². The molecule has 3 N–H and O–H groups in total. The summed E-state index contributed by atoms with van der Waals surface area (Å²) in [6, 6.07) is 3.61. The maximum absolute atomic E-state index is 5.57. The van der Waals surface area contributed by atoms with E-state index < -0.39 is 0 Å². The molecule has 0 radical (unpaired) electrons. The number of anilines is 2. The molecule has 2 aromatic rings. The van der Waals surface area contributed by atoms with Gasteiger partial charge in [-0.05, 0) is 6.07 Å². The molecule has 0 aliphatic rings. The molecule has 0 atom stereocenters. The first-order valence-corrected chi connectivity index (χ1v) is 4.18. The van der Waals surface area contributed by atoms with Crippen LogP contribution >= 0.6 is 0 Å². The van der Waals surface area contributed by atoms with E-state index in [1.165, 1.54) is 6.26 Å². The molecule has 2 heterocycles. The number of pyridine rings is 1. The molecule has 0 bridgehead atoms. The molecule has 5 heteroatoms. The van der Waals surface area contributed by atoms with Crippen LogP contribution < -0.4 is 11.1 Å². The minimum Gasteiger partial charge on any atom is -0.397 e. The summed E-state index contributed by atoms with van der Waals surface area (Å²) in [7, 11) is 0. The lowest BCUT2D eigenvalue weighted by atomic mass is 10.3. The van der Waals surface area contributed by atoms with Crippen LogP contribution in [0.25, 0.3) is 0 Å². The van der Waals surface area contributed by atoms with Gasteiger partial charge in [-0.2, -0.15) is 0 Å². The van der Waals surface area contributed by atoms with E-state index >= 15 is 0 Å². The molecule has 0 aliphatic heterocycles. The predicted octanol–water partition coefficient (Wildman–Crippen LogP) is 1.26. The molecule has 0 fully saturated rings. The normalized spacial score (nSPS) is 10.0. The number of hydrogen-bond acceptors (Lipinski definition) is 5. The van der Waals surface area contributed by atoms with Crippen molar-refractivity contribution in [3.05, 3.63) is 36.5 Å². The number of nitrogens with zero attached hydrogens (tertiary/aromatic N) is 2. The molecule has 0 saturated carbocycles. The zero-order valence-electron chi connectivity index (χ0n) is 7.47. The number of hydrogen-bond donors (Lipinski definition) is 2. The van der Waals surface area contributed by atoms with Crippen LogP contribution in [0.1, 0.15) is 5.69 Å². The van der Waals surface area contributed by atoms with Crippen molar-refractivity contribution in [2.45, 2.75) is 6.54 Å². The van der Waals surface area contributed by atoms with Gasteiger partial charge < -0.3 is 15.6 Å². The van der Waals surface area contributed by atoms with Crippen molar-refractivity contribution in [2.75, 3.05) is 11.1 Å². The van der Waals surface area contributed by atoms with E-state index in [0.717, 1.165) is 11.4 Å². The molecule has 72 valence electrons. The third-order valence-electron chi connectivity index (χ3n) is 1.72. The Balaban J connectivity index is 1.98. The fourth-order valence-corrected chi connectivity index (χ4v) is 1.08. The Bertz CT molecular complexity index is 399. The maximum atomic E-state index is 5.57. The molecule has 0 saturated heterocycles. The Labute approximate surface area is 80.9 Å². The van der Waals surface area contributed by atoms with Crippen molar-refractivity contribution in [2.24, 2.45) is 0 Å². The Kier molecular flexibility index (Phi) is 2.31. The first-order chi connectivity index (χ1) is 6.84. The van der Waals surface area contributed by atoms with Gasteiger partial charge in [-0.1, -0.05) is 5.16 Å². The number of nitrogen functional groups attached to an aromatic ring is 1. The van der Waals surface area contributed by atoms with Crippen molar-refractivity contribution < 1.29 is 4.52 Å². The van der Waals surface area contributed by atoms with Gasteiger partial charge in [0.1, 0.15) is 12.0 Å². The van der Waals surface area contributed by atoms with E-state index in [1.807, 2.05) is 6.07 Å². The average Bonchev–Trinajstić information content (AvgIpc) is 2.67. The van der Waals surface area contributed by atoms with Crippen LogP contribution in [0, 0.1) is 0 Å². The molecule has 0 amide bonds. The molecular formula is C9H10N4O. The first-order valence-electron chi connectivity index (χ1n) is 4.18. The molecule has 0 aromatic carbocycles. The van der Waals surface area contributed by atoms with Gasteiger partial charge in [0, 0.05) is 12.3 Å².